The van der Waals surface area contributed by atoms with E-state index in [0.29, 0.717) is 11.1 Å². The highest BCUT2D eigenvalue weighted by molar-refractivity contribution is 5.85. The van der Waals surface area contributed by atoms with E-state index in [1.165, 1.54) is 23.4 Å². The summed E-state index contributed by atoms with van der Waals surface area (Å²) in [6.45, 7) is 0. The van der Waals surface area contributed by atoms with Crippen molar-refractivity contribution in [1.82, 2.24) is 9.66 Å². The van der Waals surface area contributed by atoms with Crippen molar-refractivity contribution < 1.29 is 10.2 Å². The van der Waals surface area contributed by atoms with Crippen LogP contribution in [0.3, 0.4) is 0 Å². The molecule has 1 heterocycles. The van der Waals surface area contributed by atoms with Gasteiger partial charge in [0.15, 0.2) is 11.5 Å². The number of rotatable bonds is 4. The predicted octanol–water partition coefficient (Wildman–Crippen LogP) is 2.80. The van der Waals surface area contributed by atoms with Crippen LogP contribution in [0.1, 0.15) is 16.8 Å². The normalized spacial score (nSPS) is 11.2. The Balaban J connectivity index is 1.95. The van der Waals surface area contributed by atoms with Crippen LogP contribution in [-0.2, 0) is 0 Å². The molecule has 7 heteroatoms. The maximum absolute atomic E-state index is 9.78. The first-order valence-corrected chi connectivity index (χ1v) is 7.31. The van der Waals surface area contributed by atoms with Crippen molar-refractivity contribution in [1.29, 1.82) is 5.26 Å². The monoisotopic (exact) mass is 331 g/mol. The molecule has 7 nitrogen and oxygen atoms in total. The number of aromatic hydroxyl groups is 2. The first-order chi connectivity index (χ1) is 12.2. The SMILES string of the molecule is N#Cc1ncn(/N=C/c2ccccc2O)c1/N=C/c1ccccc1O. The molecule has 0 bridgehead atoms. The molecule has 0 aliphatic carbocycles. The van der Waals surface area contributed by atoms with E-state index in [1.807, 2.05) is 6.07 Å². The second kappa shape index (κ2) is 7.10. The number of benzene rings is 2. The lowest BCUT2D eigenvalue weighted by molar-refractivity contribution is 0.474. The molecule has 0 aliphatic heterocycles. The molecule has 0 aliphatic rings. The summed E-state index contributed by atoms with van der Waals surface area (Å²) in [7, 11) is 0. The highest BCUT2D eigenvalue weighted by Crippen LogP contribution is 2.20. The smallest absolute Gasteiger partial charge is 0.192 e. The number of hydrogen-bond acceptors (Lipinski definition) is 6. The predicted molar refractivity (Wildman–Crippen MR) is 93.4 cm³/mol. The third-order valence-corrected chi connectivity index (χ3v) is 3.35. The Hall–Kier alpha value is -3.92. The zero-order chi connectivity index (χ0) is 17.6. The second-order valence-electron chi connectivity index (χ2n) is 4.99. The minimum atomic E-state index is 0.0773. The van der Waals surface area contributed by atoms with Gasteiger partial charge in [-0.2, -0.15) is 10.4 Å². The van der Waals surface area contributed by atoms with Gasteiger partial charge in [0, 0.05) is 17.3 Å². The third kappa shape index (κ3) is 3.54. The van der Waals surface area contributed by atoms with Gasteiger partial charge in [-0.15, -0.1) is 0 Å². The molecule has 0 saturated carbocycles. The van der Waals surface area contributed by atoms with Gasteiger partial charge in [-0.3, -0.25) is 0 Å². The van der Waals surface area contributed by atoms with Crippen molar-refractivity contribution >= 4 is 18.2 Å². The molecule has 0 fully saturated rings. The number of phenolic OH excluding ortho intramolecular Hbond substituents is 2. The highest BCUT2D eigenvalue weighted by atomic mass is 16.3. The van der Waals surface area contributed by atoms with Gasteiger partial charge in [-0.25, -0.2) is 14.7 Å². The van der Waals surface area contributed by atoms with Crippen molar-refractivity contribution in [3.8, 4) is 17.6 Å². The first kappa shape index (κ1) is 16.0. The fourth-order valence-electron chi connectivity index (χ4n) is 2.07. The van der Waals surface area contributed by atoms with E-state index in [2.05, 4.69) is 15.1 Å². The van der Waals surface area contributed by atoms with Crippen molar-refractivity contribution in [2.45, 2.75) is 0 Å². The van der Waals surface area contributed by atoms with E-state index in [9.17, 15) is 15.5 Å². The van der Waals surface area contributed by atoms with Gasteiger partial charge in [-0.05, 0) is 24.3 Å². The Kier molecular flexibility index (Phi) is 4.53. The minimum Gasteiger partial charge on any atom is -0.507 e. The number of phenols is 2. The molecule has 1 aromatic heterocycles. The molecule has 25 heavy (non-hydrogen) atoms. The number of aliphatic imine (C=N–C) groups is 1. The van der Waals surface area contributed by atoms with Gasteiger partial charge in [0.1, 0.15) is 23.9 Å². The molecule has 2 N–H and O–H groups in total. The summed E-state index contributed by atoms with van der Waals surface area (Å²) in [4.78, 5) is 8.17. The van der Waals surface area contributed by atoms with Crippen molar-refractivity contribution in [3.63, 3.8) is 0 Å². The fraction of sp³-hybridized carbons (Fsp3) is 0. The summed E-state index contributed by atoms with van der Waals surface area (Å²) in [5.74, 6) is 0.386. The van der Waals surface area contributed by atoms with E-state index in [4.69, 9.17) is 0 Å². The lowest BCUT2D eigenvalue weighted by atomic mass is 10.2. The second-order valence-corrected chi connectivity index (χ2v) is 4.99. The maximum Gasteiger partial charge on any atom is 0.192 e. The minimum absolute atomic E-state index is 0.0773. The van der Waals surface area contributed by atoms with Crippen LogP contribution in [0.15, 0.2) is 65.0 Å². The van der Waals surface area contributed by atoms with Crippen molar-refractivity contribution in [2.75, 3.05) is 0 Å². The molecule has 3 aromatic rings. The number of hydrogen-bond donors (Lipinski definition) is 2. The Morgan fingerprint density at radius 2 is 1.56 bits per heavy atom. The molecule has 0 amide bonds. The number of imidazole rings is 1. The Morgan fingerprint density at radius 1 is 0.960 bits per heavy atom. The van der Waals surface area contributed by atoms with Crippen LogP contribution >= 0.6 is 0 Å². The molecular formula is C18H13N5O2. The fourth-order valence-corrected chi connectivity index (χ4v) is 2.07. The molecule has 0 saturated heterocycles. The van der Waals surface area contributed by atoms with E-state index in [-0.39, 0.29) is 23.0 Å². The van der Waals surface area contributed by atoms with Gasteiger partial charge in [0.05, 0.1) is 6.21 Å². The zero-order valence-electron chi connectivity index (χ0n) is 13.0. The third-order valence-electron chi connectivity index (χ3n) is 3.35. The summed E-state index contributed by atoms with van der Waals surface area (Å²) in [6, 6.07) is 15.4. The lowest BCUT2D eigenvalue weighted by Gasteiger charge is -2.00. The van der Waals surface area contributed by atoms with E-state index >= 15 is 0 Å². The average molecular weight is 331 g/mol. The van der Waals surface area contributed by atoms with Gasteiger partial charge in [0.25, 0.3) is 0 Å². The largest absolute Gasteiger partial charge is 0.507 e. The molecule has 0 radical (unpaired) electrons. The number of nitriles is 1. The standard InChI is InChI=1S/C18H13N5O2/c19-9-15-18(20-10-13-5-1-3-7-16(13)24)23(12-21-15)22-11-14-6-2-4-8-17(14)25/h1-8,10-12,24-25H/b20-10+,22-11+. The van der Waals surface area contributed by atoms with E-state index in [0.717, 1.165) is 0 Å². The molecule has 0 spiro atoms. The lowest BCUT2D eigenvalue weighted by Crippen LogP contribution is -1.90. The molecule has 122 valence electrons. The molecule has 3 rings (SSSR count). The summed E-state index contributed by atoms with van der Waals surface area (Å²) < 4.78 is 1.32. The topological polar surface area (TPSA) is 107 Å². The van der Waals surface area contributed by atoms with Crippen LogP contribution in [-0.4, -0.2) is 32.3 Å². The highest BCUT2D eigenvalue weighted by Gasteiger charge is 2.09. The van der Waals surface area contributed by atoms with Crippen molar-refractivity contribution in [2.24, 2.45) is 10.1 Å². The quantitative estimate of drug-likeness (QED) is 0.717. The average Bonchev–Trinajstić information content (AvgIpc) is 3.02. The van der Waals surface area contributed by atoms with Crippen LogP contribution in [0.25, 0.3) is 0 Å². The van der Waals surface area contributed by atoms with Crippen LogP contribution in [0.2, 0.25) is 0 Å². The van der Waals surface area contributed by atoms with Gasteiger partial charge >= 0.3 is 0 Å². The molecular weight excluding hydrogens is 318 g/mol. The van der Waals surface area contributed by atoms with E-state index < -0.39 is 0 Å². The van der Waals surface area contributed by atoms with Crippen LogP contribution in [0.4, 0.5) is 5.82 Å². The van der Waals surface area contributed by atoms with Crippen LogP contribution in [0.5, 0.6) is 11.5 Å². The first-order valence-electron chi connectivity index (χ1n) is 7.31. The van der Waals surface area contributed by atoms with Crippen LogP contribution in [0, 0.1) is 11.3 Å². The number of nitrogens with zero attached hydrogens (tertiary/aromatic N) is 5. The van der Waals surface area contributed by atoms with Gasteiger partial charge < -0.3 is 10.2 Å². The molecule has 0 unspecified atom stereocenters. The van der Waals surface area contributed by atoms with E-state index in [1.54, 1.807) is 48.5 Å². The number of aromatic nitrogens is 2. The Labute approximate surface area is 143 Å². The Morgan fingerprint density at radius 3 is 2.16 bits per heavy atom. The molecule has 0 atom stereocenters. The zero-order valence-corrected chi connectivity index (χ0v) is 13.0. The summed E-state index contributed by atoms with van der Waals surface area (Å²) in [5.41, 5.74) is 1.12. The van der Waals surface area contributed by atoms with Crippen LogP contribution < -0.4 is 0 Å². The molecule has 2 aromatic carbocycles. The van der Waals surface area contributed by atoms with Crippen molar-refractivity contribution in [3.05, 3.63) is 71.7 Å². The summed E-state index contributed by atoms with van der Waals surface area (Å²) >= 11 is 0. The van der Waals surface area contributed by atoms with Gasteiger partial charge in [-0.1, -0.05) is 24.3 Å². The summed E-state index contributed by atoms with van der Waals surface area (Å²) in [5, 5.41) is 32.9. The summed E-state index contributed by atoms with van der Waals surface area (Å²) in [6.07, 6.45) is 4.23. The Bertz CT molecular complexity index is 999. The maximum atomic E-state index is 9.78. The number of para-hydroxylation sites is 2. The van der Waals surface area contributed by atoms with Gasteiger partial charge in [0.2, 0.25) is 0 Å².